The summed E-state index contributed by atoms with van der Waals surface area (Å²) in [5.41, 5.74) is 6.19. The second-order valence-corrected chi connectivity index (χ2v) is 5.90. The average Bonchev–Trinajstić information content (AvgIpc) is 2.26. The fraction of sp³-hybridized carbons (Fsp3) is 0.364. The molecule has 6 nitrogen and oxygen atoms in total. The number of rotatable bonds is 5. The van der Waals surface area contributed by atoms with Crippen LogP contribution in [0.2, 0.25) is 0 Å². The van der Waals surface area contributed by atoms with Crippen LogP contribution in [0.25, 0.3) is 0 Å². The number of hydrogen-bond acceptors (Lipinski definition) is 5. The van der Waals surface area contributed by atoms with Gasteiger partial charge in [-0.15, -0.1) is 0 Å². The van der Waals surface area contributed by atoms with Gasteiger partial charge >= 0.3 is 5.97 Å². The fourth-order valence-corrected chi connectivity index (χ4v) is 2.16. The summed E-state index contributed by atoms with van der Waals surface area (Å²) in [6.07, 6.45) is 0.827. The van der Waals surface area contributed by atoms with Gasteiger partial charge in [0.25, 0.3) is 0 Å². The fourth-order valence-electron chi connectivity index (χ4n) is 1.53. The molecule has 0 aliphatic rings. The van der Waals surface area contributed by atoms with Gasteiger partial charge in [-0.3, -0.25) is 4.79 Å². The van der Waals surface area contributed by atoms with Gasteiger partial charge < -0.3 is 15.6 Å². The predicted octanol–water partition coefficient (Wildman–Crippen LogP) is 0.573. The molecule has 0 radical (unpaired) electrons. The molecule has 0 bridgehead atoms. The highest BCUT2D eigenvalue weighted by atomic mass is 32.2. The molecule has 0 amide bonds. The topological polar surface area (TPSA) is 107 Å². The van der Waals surface area contributed by atoms with Crippen molar-refractivity contribution in [1.29, 1.82) is 0 Å². The van der Waals surface area contributed by atoms with Gasteiger partial charge in [0.2, 0.25) is 0 Å². The third kappa shape index (κ3) is 3.44. The van der Waals surface area contributed by atoms with Crippen LogP contribution in [0.4, 0.5) is 0 Å². The van der Waals surface area contributed by atoms with Crippen molar-refractivity contribution in [2.75, 3.05) is 13.4 Å². The minimum Gasteiger partial charge on any atom is -0.496 e. The van der Waals surface area contributed by atoms with E-state index in [1.165, 1.54) is 25.3 Å². The highest BCUT2D eigenvalue weighted by Crippen LogP contribution is 2.28. The number of hydrogen-bond donors (Lipinski definition) is 2. The molecule has 3 N–H and O–H groups in total. The van der Waals surface area contributed by atoms with Crippen LogP contribution in [0.5, 0.6) is 5.75 Å². The van der Waals surface area contributed by atoms with Crippen molar-refractivity contribution in [1.82, 2.24) is 0 Å². The molecule has 1 atom stereocenters. The number of benzene rings is 1. The molecule has 0 saturated heterocycles. The number of sulfone groups is 1. The first-order chi connectivity index (χ1) is 8.25. The van der Waals surface area contributed by atoms with Crippen LogP contribution in [0.15, 0.2) is 23.1 Å². The Labute approximate surface area is 105 Å². The molecule has 0 heterocycles. The number of carbonyl (C=O) groups is 1. The normalized spacial score (nSPS) is 13.1. The molecule has 1 aromatic carbocycles. The summed E-state index contributed by atoms with van der Waals surface area (Å²) < 4.78 is 27.8. The Morgan fingerprint density at radius 2 is 2.11 bits per heavy atom. The van der Waals surface area contributed by atoms with Crippen LogP contribution in [0.1, 0.15) is 18.0 Å². The Morgan fingerprint density at radius 3 is 2.56 bits per heavy atom. The van der Waals surface area contributed by atoms with E-state index in [9.17, 15) is 13.2 Å². The lowest BCUT2D eigenvalue weighted by molar-refractivity contribution is -0.137. The minimum atomic E-state index is -3.34. The predicted molar refractivity (Wildman–Crippen MR) is 65.3 cm³/mol. The van der Waals surface area contributed by atoms with Crippen molar-refractivity contribution in [2.24, 2.45) is 5.73 Å². The van der Waals surface area contributed by atoms with Gasteiger partial charge in [-0.25, -0.2) is 8.42 Å². The molecular weight excluding hydrogens is 258 g/mol. The Kier molecular flexibility index (Phi) is 4.31. The van der Waals surface area contributed by atoms with E-state index in [-0.39, 0.29) is 17.1 Å². The van der Waals surface area contributed by atoms with Crippen LogP contribution >= 0.6 is 0 Å². The zero-order chi connectivity index (χ0) is 13.9. The largest absolute Gasteiger partial charge is 0.496 e. The monoisotopic (exact) mass is 273 g/mol. The molecule has 18 heavy (non-hydrogen) atoms. The quantitative estimate of drug-likeness (QED) is 0.812. The zero-order valence-corrected chi connectivity index (χ0v) is 10.9. The molecule has 0 saturated carbocycles. The number of ether oxygens (including phenoxy) is 1. The molecular formula is C11H15NO5S. The highest BCUT2D eigenvalue weighted by Gasteiger charge is 2.17. The Morgan fingerprint density at radius 1 is 1.50 bits per heavy atom. The summed E-state index contributed by atoms with van der Waals surface area (Å²) in [7, 11) is -1.96. The van der Waals surface area contributed by atoms with Crippen LogP contribution in [0, 0.1) is 0 Å². The first kappa shape index (κ1) is 14.5. The van der Waals surface area contributed by atoms with Crippen molar-refractivity contribution in [3.63, 3.8) is 0 Å². The van der Waals surface area contributed by atoms with E-state index in [0.29, 0.717) is 5.56 Å². The molecule has 0 aromatic heterocycles. The van der Waals surface area contributed by atoms with E-state index in [1.54, 1.807) is 0 Å². The lowest BCUT2D eigenvalue weighted by atomic mass is 10.0. The summed E-state index contributed by atoms with van der Waals surface area (Å²) in [6, 6.07) is 3.45. The number of carboxylic acid groups (broad SMARTS) is 1. The van der Waals surface area contributed by atoms with Crippen LogP contribution in [-0.2, 0) is 14.6 Å². The van der Waals surface area contributed by atoms with Gasteiger partial charge in [-0.1, -0.05) is 6.07 Å². The maximum absolute atomic E-state index is 11.4. The van der Waals surface area contributed by atoms with Crippen molar-refractivity contribution < 1.29 is 23.1 Å². The average molecular weight is 273 g/mol. The zero-order valence-electron chi connectivity index (χ0n) is 10.1. The van der Waals surface area contributed by atoms with Crippen molar-refractivity contribution >= 4 is 15.8 Å². The van der Waals surface area contributed by atoms with Crippen molar-refractivity contribution in [3.8, 4) is 5.75 Å². The molecule has 1 aromatic rings. The molecule has 1 unspecified atom stereocenters. The minimum absolute atomic E-state index is 0.102. The van der Waals surface area contributed by atoms with Gasteiger partial charge in [0, 0.05) is 17.9 Å². The van der Waals surface area contributed by atoms with Gasteiger partial charge in [0.1, 0.15) is 5.75 Å². The molecule has 0 spiro atoms. The number of methoxy groups -OCH3 is 1. The summed E-state index contributed by atoms with van der Waals surface area (Å²) in [5.74, 6) is -0.761. The summed E-state index contributed by atoms with van der Waals surface area (Å²) in [5, 5.41) is 8.68. The van der Waals surface area contributed by atoms with Crippen molar-refractivity contribution in [2.45, 2.75) is 17.4 Å². The second kappa shape index (κ2) is 5.36. The van der Waals surface area contributed by atoms with E-state index in [1.807, 2.05) is 0 Å². The van der Waals surface area contributed by atoms with Crippen LogP contribution in [0.3, 0.4) is 0 Å². The van der Waals surface area contributed by atoms with Gasteiger partial charge in [-0.2, -0.15) is 0 Å². The third-order valence-electron chi connectivity index (χ3n) is 2.43. The van der Waals surface area contributed by atoms with E-state index in [2.05, 4.69) is 0 Å². The smallest absolute Gasteiger partial charge is 0.305 e. The van der Waals surface area contributed by atoms with E-state index in [4.69, 9.17) is 15.6 Å². The Balaban J connectivity index is 3.19. The maximum Gasteiger partial charge on any atom is 0.305 e. The van der Waals surface area contributed by atoms with E-state index in [0.717, 1.165) is 6.26 Å². The van der Waals surface area contributed by atoms with Gasteiger partial charge in [0.15, 0.2) is 9.84 Å². The summed E-state index contributed by atoms with van der Waals surface area (Å²) >= 11 is 0. The summed E-state index contributed by atoms with van der Waals surface area (Å²) in [6.45, 7) is 0. The van der Waals surface area contributed by atoms with Crippen LogP contribution in [-0.4, -0.2) is 32.9 Å². The Hall–Kier alpha value is -1.60. The summed E-state index contributed by atoms with van der Waals surface area (Å²) in [4.78, 5) is 10.7. The van der Waals surface area contributed by atoms with E-state index < -0.39 is 21.8 Å². The van der Waals surface area contributed by atoms with Crippen LogP contribution < -0.4 is 10.5 Å². The SMILES string of the molecule is COc1cc(S(C)(=O)=O)ccc1C(N)CC(=O)O. The third-order valence-corrected chi connectivity index (χ3v) is 3.54. The highest BCUT2D eigenvalue weighted by molar-refractivity contribution is 7.90. The number of carboxylic acids is 1. The van der Waals surface area contributed by atoms with Gasteiger partial charge in [-0.05, 0) is 12.1 Å². The standard InChI is InChI=1S/C11H15NO5S/c1-17-10-5-7(18(2,15)16)3-4-8(10)9(12)6-11(13)14/h3-5,9H,6,12H2,1-2H3,(H,13,14). The Bertz CT molecular complexity index is 553. The van der Waals surface area contributed by atoms with E-state index >= 15 is 0 Å². The number of nitrogens with two attached hydrogens (primary N) is 1. The maximum atomic E-state index is 11.4. The number of aliphatic carboxylic acids is 1. The molecule has 1 rings (SSSR count). The lowest BCUT2D eigenvalue weighted by Gasteiger charge is -2.14. The molecule has 0 aliphatic heterocycles. The molecule has 100 valence electrons. The second-order valence-electron chi connectivity index (χ2n) is 3.88. The first-order valence-corrected chi connectivity index (χ1v) is 7.00. The first-order valence-electron chi connectivity index (χ1n) is 5.11. The van der Waals surface area contributed by atoms with Crippen molar-refractivity contribution in [3.05, 3.63) is 23.8 Å². The lowest BCUT2D eigenvalue weighted by Crippen LogP contribution is -2.16. The molecule has 0 fully saturated rings. The molecule has 7 heteroatoms. The molecule has 0 aliphatic carbocycles. The van der Waals surface area contributed by atoms with Gasteiger partial charge in [0.05, 0.1) is 18.4 Å².